The van der Waals surface area contributed by atoms with Gasteiger partial charge in [0.2, 0.25) is 0 Å². The third-order valence-electron chi connectivity index (χ3n) is 5.07. The average molecular weight is 443 g/mol. The number of hydrogen-bond donors (Lipinski definition) is 1. The van der Waals surface area contributed by atoms with Crippen molar-refractivity contribution in [1.82, 2.24) is 9.55 Å². The van der Waals surface area contributed by atoms with E-state index < -0.39 is 24.8 Å². The summed E-state index contributed by atoms with van der Waals surface area (Å²) < 4.78 is 41.4. The van der Waals surface area contributed by atoms with Crippen LogP contribution in [0, 0.1) is 0 Å². The van der Waals surface area contributed by atoms with Crippen molar-refractivity contribution >= 4 is 28.5 Å². The number of rotatable bonds is 4. The number of halogens is 2. The van der Waals surface area contributed by atoms with Gasteiger partial charge in [-0.15, -0.1) is 8.78 Å². The van der Waals surface area contributed by atoms with Crippen LogP contribution in [0.15, 0.2) is 41.2 Å². The predicted octanol–water partition coefficient (Wildman–Crippen LogP) is 2.46. The van der Waals surface area contributed by atoms with Crippen LogP contribution in [0.3, 0.4) is 0 Å². The molecule has 2 aliphatic heterocycles. The molecule has 0 spiro atoms. The summed E-state index contributed by atoms with van der Waals surface area (Å²) in [6.07, 6.45) is -2.23. The maximum atomic E-state index is 13.1. The van der Waals surface area contributed by atoms with Gasteiger partial charge in [-0.3, -0.25) is 14.2 Å². The monoisotopic (exact) mass is 443 g/mol. The molecule has 1 amide bonds. The molecule has 3 heterocycles. The normalized spacial score (nSPS) is 15.4. The highest BCUT2D eigenvalue weighted by Crippen LogP contribution is 2.42. The molecule has 0 aliphatic carbocycles. The molecular weight excluding hydrogens is 428 g/mol. The second-order valence-electron chi connectivity index (χ2n) is 7.27. The Morgan fingerprint density at radius 3 is 2.81 bits per heavy atom. The van der Waals surface area contributed by atoms with Crippen molar-refractivity contribution in [2.24, 2.45) is 0 Å². The maximum absolute atomic E-state index is 13.1. The van der Waals surface area contributed by atoms with E-state index in [4.69, 9.17) is 4.74 Å². The third-order valence-corrected chi connectivity index (χ3v) is 5.07. The van der Waals surface area contributed by atoms with Gasteiger partial charge < -0.3 is 19.5 Å². The molecule has 11 heteroatoms. The molecule has 0 fully saturated rings. The van der Waals surface area contributed by atoms with Crippen LogP contribution in [0.5, 0.6) is 11.5 Å². The second kappa shape index (κ2) is 7.29. The first-order chi connectivity index (χ1) is 15.3. The van der Waals surface area contributed by atoms with Crippen LogP contribution < -0.4 is 20.3 Å². The number of nitrogens with zero attached hydrogens (tertiary/aromatic N) is 2. The molecular formula is C21H15F2N3O6. The fraction of sp³-hybridized carbons (Fsp3) is 0.238. The third kappa shape index (κ3) is 3.61. The van der Waals surface area contributed by atoms with E-state index in [0.717, 1.165) is 6.42 Å². The van der Waals surface area contributed by atoms with E-state index in [9.17, 15) is 23.2 Å². The van der Waals surface area contributed by atoms with Crippen molar-refractivity contribution in [3.63, 3.8) is 0 Å². The Bertz CT molecular complexity index is 1340. The van der Waals surface area contributed by atoms with Gasteiger partial charge in [0.25, 0.3) is 11.5 Å². The molecule has 1 N–H and O–H groups in total. The summed E-state index contributed by atoms with van der Waals surface area (Å²) in [5.41, 5.74) is 0.545. The molecule has 32 heavy (non-hydrogen) atoms. The van der Waals surface area contributed by atoms with Crippen LogP contribution in [-0.2, 0) is 22.5 Å². The zero-order valence-electron chi connectivity index (χ0n) is 16.4. The van der Waals surface area contributed by atoms with Crippen LogP contribution in [0.25, 0.3) is 10.9 Å². The van der Waals surface area contributed by atoms with Crippen molar-refractivity contribution in [3.05, 3.63) is 58.1 Å². The summed E-state index contributed by atoms with van der Waals surface area (Å²) >= 11 is 0. The van der Waals surface area contributed by atoms with Gasteiger partial charge >= 0.3 is 12.3 Å². The van der Waals surface area contributed by atoms with E-state index >= 15 is 0 Å². The van der Waals surface area contributed by atoms with Crippen LogP contribution in [-0.4, -0.2) is 34.3 Å². The Hall–Kier alpha value is -4.02. The molecule has 1 aromatic heterocycles. The number of fused-ring (bicyclic) bond motifs is 3. The number of ether oxygens (including phenoxy) is 3. The minimum Gasteiger partial charge on any atom is -0.452 e. The molecule has 0 unspecified atom stereocenters. The van der Waals surface area contributed by atoms with Crippen molar-refractivity contribution in [2.45, 2.75) is 25.7 Å². The Morgan fingerprint density at radius 1 is 1.16 bits per heavy atom. The number of nitrogens with one attached hydrogen (secondary N) is 1. The van der Waals surface area contributed by atoms with Gasteiger partial charge in [-0.2, -0.15) is 0 Å². The summed E-state index contributed by atoms with van der Waals surface area (Å²) in [5.74, 6) is -1.16. The Kier molecular flexibility index (Phi) is 4.54. The minimum atomic E-state index is -3.76. The first-order valence-electron chi connectivity index (χ1n) is 9.69. The van der Waals surface area contributed by atoms with Crippen molar-refractivity contribution in [3.8, 4) is 11.5 Å². The standard InChI is InChI=1S/C21H15F2N3O6/c22-21(23)31-15-6-4-12(9-16(15)32-21)24-18(27)10-30-20(29)11-3-5-13-14(8-11)25-17-2-1-7-26(17)19(13)28/h3-6,8-9H,1-2,7,10H2,(H,24,27). The zero-order valence-corrected chi connectivity index (χ0v) is 16.4. The fourth-order valence-electron chi connectivity index (χ4n) is 3.65. The lowest BCUT2D eigenvalue weighted by atomic mass is 10.1. The number of amides is 1. The molecule has 0 saturated heterocycles. The highest BCUT2D eigenvalue weighted by atomic mass is 19.3. The highest BCUT2D eigenvalue weighted by Gasteiger charge is 2.43. The van der Waals surface area contributed by atoms with Crippen LogP contribution in [0.4, 0.5) is 14.5 Å². The number of hydrogen-bond acceptors (Lipinski definition) is 7. The summed E-state index contributed by atoms with van der Waals surface area (Å²) in [6.45, 7) is 0.0174. The highest BCUT2D eigenvalue weighted by molar-refractivity contribution is 5.97. The lowest BCUT2D eigenvalue weighted by Crippen LogP contribution is -2.25. The first kappa shape index (κ1) is 19.9. The van der Waals surface area contributed by atoms with Gasteiger partial charge in [0.05, 0.1) is 16.5 Å². The molecule has 0 atom stereocenters. The number of alkyl halides is 2. The molecule has 2 aliphatic rings. The number of esters is 1. The Balaban J connectivity index is 1.24. The summed E-state index contributed by atoms with van der Waals surface area (Å²) in [4.78, 5) is 41.4. The molecule has 0 bridgehead atoms. The second-order valence-corrected chi connectivity index (χ2v) is 7.27. The SMILES string of the molecule is O=C(COC(=O)c1ccc2c(=O)n3c(nc2c1)CCC3)Nc1ccc2c(c1)OC(F)(F)O2. The van der Waals surface area contributed by atoms with E-state index in [1.807, 2.05) is 0 Å². The molecule has 0 saturated carbocycles. The predicted molar refractivity (Wildman–Crippen MR) is 106 cm³/mol. The van der Waals surface area contributed by atoms with E-state index in [2.05, 4.69) is 19.8 Å². The lowest BCUT2D eigenvalue weighted by molar-refractivity contribution is -0.286. The summed E-state index contributed by atoms with van der Waals surface area (Å²) in [5, 5.41) is 2.82. The molecule has 5 rings (SSSR count). The van der Waals surface area contributed by atoms with Crippen LogP contribution >= 0.6 is 0 Å². The fourth-order valence-corrected chi connectivity index (χ4v) is 3.65. The van der Waals surface area contributed by atoms with E-state index in [-0.39, 0.29) is 28.3 Å². The number of benzene rings is 2. The van der Waals surface area contributed by atoms with Crippen molar-refractivity contribution in [2.75, 3.05) is 11.9 Å². The number of aromatic nitrogens is 2. The van der Waals surface area contributed by atoms with Crippen molar-refractivity contribution < 1.29 is 32.6 Å². The molecule has 2 aromatic carbocycles. The topological polar surface area (TPSA) is 109 Å². The van der Waals surface area contributed by atoms with Gasteiger partial charge in [-0.25, -0.2) is 9.78 Å². The zero-order chi connectivity index (χ0) is 22.5. The molecule has 9 nitrogen and oxygen atoms in total. The average Bonchev–Trinajstić information content (AvgIpc) is 3.34. The molecule has 0 radical (unpaired) electrons. The maximum Gasteiger partial charge on any atom is 0.586 e. The molecule has 3 aromatic rings. The van der Waals surface area contributed by atoms with Crippen LogP contribution in [0.1, 0.15) is 22.6 Å². The number of anilines is 1. The van der Waals surface area contributed by atoms with E-state index in [0.29, 0.717) is 29.7 Å². The molecule has 164 valence electrons. The van der Waals surface area contributed by atoms with Crippen molar-refractivity contribution in [1.29, 1.82) is 0 Å². The van der Waals surface area contributed by atoms with Gasteiger partial charge in [-0.05, 0) is 36.8 Å². The van der Waals surface area contributed by atoms with Gasteiger partial charge in [0.1, 0.15) is 5.82 Å². The number of aryl methyl sites for hydroxylation is 1. The van der Waals surface area contributed by atoms with Crippen LogP contribution in [0.2, 0.25) is 0 Å². The number of carbonyl (C=O) groups excluding carboxylic acids is 2. The van der Waals surface area contributed by atoms with E-state index in [1.54, 1.807) is 4.57 Å². The van der Waals surface area contributed by atoms with E-state index in [1.165, 1.54) is 36.4 Å². The smallest absolute Gasteiger partial charge is 0.452 e. The Morgan fingerprint density at radius 2 is 1.97 bits per heavy atom. The first-order valence-corrected chi connectivity index (χ1v) is 9.69. The quantitative estimate of drug-likeness (QED) is 0.617. The van der Waals surface area contributed by atoms with Gasteiger partial charge in [-0.1, -0.05) is 0 Å². The Labute approximate surface area is 178 Å². The van der Waals surface area contributed by atoms with Gasteiger partial charge in [0, 0.05) is 24.7 Å². The summed E-state index contributed by atoms with van der Waals surface area (Å²) in [7, 11) is 0. The number of carbonyl (C=O) groups is 2. The van der Waals surface area contributed by atoms with Gasteiger partial charge in [0.15, 0.2) is 18.1 Å². The largest absolute Gasteiger partial charge is 0.586 e. The summed E-state index contributed by atoms with van der Waals surface area (Å²) in [6, 6.07) is 8.13. The lowest BCUT2D eigenvalue weighted by Gasteiger charge is -2.08. The minimum absolute atomic E-state index is 0.144.